The highest BCUT2D eigenvalue weighted by Gasteiger charge is 2.16. The van der Waals surface area contributed by atoms with E-state index >= 15 is 0 Å². The second kappa shape index (κ2) is 4.70. The molecule has 3 nitrogen and oxygen atoms in total. The monoisotopic (exact) mass is 278 g/mol. The predicted octanol–water partition coefficient (Wildman–Crippen LogP) is 4.12. The number of hydrogen-bond donors (Lipinski definition) is 0. The summed E-state index contributed by atoms with van der Waals surface area (Å²) in [5.41, 5.74) is 1.45. The Kier molecular flexibility index (Phi) is 3.03. The fourth-order valence-electron chi connectivity index (χ4n) is 2.15. The van der Waals surface area contributed by atoms with Crippen molar-refractivity contribution >= 4 is 22.6 Å². The van der Waals surface area contributed by atoms with Crippen molar-refractivity contribution in [2.75, 3.05) is 0 Å². The molecule has 0 bridgehead atoms. The molecule has 0 aliphatic carbocycles. The van der Waals surface area contributed by atoms with E-state index < -0.39 is 0 Å². The van der Waals surface area contributed by atoms with E-state index in [1.807, 2.05) is 23.6 Å². The largest absolute Gasteiger partial charge is 0.467 e. The third-order valence-electron chi connectivity index (χ3n) is 2.99. The average molecular weight is 279 g/mol. The molecule has 1 aromatic carbocycles. The quantitative estimate of drug-likeness (QED) is 0.675. The van der Waals surface area contributed by atoms with Crippen LogP contribution in [-0.4, -0.2) is 9.55 Å². The summed E-state index contributed by atoms with van der Waals surface area (Å²) in [5.74, 6) is 1.21. The molecule has 0 amide bonds. The molecule has 0 aliphatic heterocycles. The number of furan rings is 1. The van der Waals surface area contributed by atoms with Crippen molar-refractivity contribution in [2.45, 2.75) is 18.8 Å². The Morgan fingerprint density at radius 1 is 1.42 bits per heavy atom. The van der Waals surface area contributed by atoms with Gasteiger partial charge in [0.05, 0.1) is 29.2 Å². The van der Waals surface area contributed by atoms with Crippen molar-refractivity contribution in [3.8, 4) is 0 Å². The molecule has 0 fully saturated rings. The summed E-state index contributed by atoms with van der Waals surface area (Å²) in [4.78, 5) is 4.40. The van der Waals surface area contributed by atoms with Gasteiger partial charge in [-0.3, -0.25) is 0 Å². The fraction of sp³-hybridized carbons (Fsp3) is 0.214. The van der Waals surface area contributed by atoms with Crippen LogP contribution in [0.1, 0.15) is 23.9 Å². The van der Waals surface area contributed by atoms with Gasteiger partial charge >= 0.3 is 0 Å². The summed E-state index contributed by atoms with van der Waals surface area (Å²) < 4.78 is 20.6. The molecule has 19 heavy (non-hydrogen) atoms. The first-order valence-electron chi connectivity index (χ1n) is 5.97. The molecule has 3 rings (SSSR count). The van der Waals surface area contributed by atoms with E-state index in [2.05, 4.69) is 4.98 Å². The van der Waals surface area contributed by atoms with Crippen LogP contribution in [0.15, 0.2) is 41.0 Å². The molecule has 3 aromatic rings. The third kappa shape index (κ3) is 2.24. The van der Waals surface area contributed by atoms with E-state index in [1.54, 1.807) is 12.3 Å². The van der Waals surface area contributed by atoms with E-state index in [1.165, 1.54) is 12.1 Å². The Morgan fingerprint density at radius 3 is 2.95 bits per heavy atom. The van der Waals surface area contributed by atoms with Crippen LogP contribution in [0.2, 0.25) is 0 Å². The van der Waals surface area contributed by atoms with E-state index in [0.717, 1.165) is 11.3 Å². The second-order valence-corrected chi connectivity index (χ2v) is 5.04. The van der Waals surface area contributed by atoms with E-state index in [9.17, 15) is 4.39 Å². The number of aromatic nitrogens is 2. The van der Waals surface area contributed by atoms with Gasteiger partial charge in [-0.1, -0.05) is 0 Å². The highest BCUT2D eigenvalue weighted by Crippen LogP contribution is 2.26. The van der Waals surface area contributed by atoms with Gasteiger partial charge in [0.2, 0.25) is 0 Å². The zero-order valence-electron chi connectivity index (χ0n) is 10.3. The van der Waals surface area contributed by atoms with Crippen LogP contribution in [0.3, 0.4) is 0 Å². The molecule has 0 N–H and O–H groups in total. The Bertz CT molecular complexity index is 704. The Balaban J connectivity index is 2.16. The minimum absolute atomic E-state index is 0.259. The van der Waals surface area contributed by atoms with Gasteiger partial charge in [0.1, 0.15) is 17.4 Å². The van der Waals surface area contributed by atoms with E-state index in [-0.39, 0.29) is 11.2 Å². The molecule has 98 valence electrons. The van der Waals surface area contributed by atoms with Crippen LogP contribution in [0, 0.1) is 5.82 Å². The standard InChI is InChI=1S/C14H12ClFN2O/c1-9(15)14-17-12-7-10(16)4-5-13(12)18(14)8-11-3-2-6-19-11/h2-7,9H,8H2,1H3. The lowest BCUT2D eigenvalue weighted by Gasteiger charge is -2.08. The Morgan fingerprint density at radius 2 is 2.26 bits per heavy atom. The van der Waals surface area contributed by atoms with Crippen molar-refractivity contribution in [3.63, 3.8) is 0 Å². The molecule has 0 aliphatic rings. The van der Waals surface area contributed by atoms with Crippen LogP contribution in [0.5, 0.6) is 0 Å². The average Bonchev–Trinajstić information content (AvgIpc) is 2.97. The van der Waals surface area contributed by atoms with Crippen molar-refractivity contribution < 1.29 is 8.81 Å². The maximum Gasteiger partial charge on any atom is 0.128 e. The maximum atomic E-state index is 13.3. The number of nitrogens with zero attached hydrogens (tertiary/aromatic N) is 2. The fourth-order valence-corrected chi connectivity index (χ4v) is 2.32. The number of halogens is 2. The molecule has 0 saturated heterocycles. The molecule has 5 heteroatoms. The third-order valence-corrected chi connectivity index (χ3v) is 3.18. The normalized spacial score (nSPS) is 13.0. The first-order chi connectivity index (χ1) is 9.15. The highest BCUT2D eigenvalue weighted by molar-refractivity contribution is 6.20. The van der Waals surface area contributed by atoms with Gasteiger partial charge in [-0.05, 0) is 31.2 Å². The van der Waals surface area contributed by atoms with Gasteiger partial charge in [0.25, 0.3) is 0 Å². The molecule has 0 radical (unpaired) electrons. The molecular formula is C14H12ClFN2O. The smallest absolute Gasteiger partial charge is 0.128 e. The molecule has 2 heterocycles. The SMILES string of the molecule is CC(Cl)c1nc2cc(F)ccc2n1Cc1ccco1. The number of fused-ring (bicyclic) bond motifs is 1. The van der Waals surface area contributed by atoms with Crippen LogP contribution in [0.4, 0.5) is 4.39 Å². The van der Waals surface area contributed by atoms with Gasteiger partial charge in [-0.25, -0.2) is 9.37 Å². The van der Waals surface area contributed by atoms with Crippen molar-refractivity contribution in [2.24, 2.45) is 0 Å². The van der Waals surface area contributed by atoms with E-state index in [0.29, 0.717) is 17.9 Å². The summed E-state index contributed by atoms with van der Waals surface area (Å²) >= 11 is 6.15. The van der Waals surface area contributed by atoms with Crippen molar-refractivity contribution in [1.82, 2.24) is 9.55 Å². The molecule has 1 atom stereocenters. The van der Waals surface area contributed by atoms with Gasteiger partial charge < -0.3 is 8.98 Å². The van der Waals surface area contributed by atoms with Crippen LogP contribution in [0.25, 0.3) is 11.0 Å². The minimum atomic E-state index is -0.302. The number of hydrogen-bond acceptors (Lipinski definition) is 2. The number of benzene rings is 1. The molecular weight excluding hydrogens is 267 g/mol. The Hall–Kier alpha value is -1.81. The molecule has 0 spiro atoms. The summed E-state index contributed by atoms with van der Waals surface area (Å²) in [6, 6.07) is 8.27. The lowest BCUT2D eigenvalue weighted by molar-refractivity contribution is 0.492. The zero-order chi connectivity index (χ0) is 13.4. The first kappa shape index (κ1) is 12.2. The van der Waals surface area contributed by atoms with Crippen LogP contribution in [-0.2, 0) is 6.54 Å². The summed E-state index contributed by atoms with van der Waals surface area (Å²) in [7, 11) is 0. The number of alkyl halides is 1. The lowest BCUT2D eigenvalue weighted by Crippen LogP contribution is -2.05. The van der Waals surface area contributed by atoms with Gasteiger partial charge in [0.15, 0.2) is 0 Å². The van der Waals surface area contributed by atoms with Crippen molar-refractivity contribution in [1.29, 1.82) is 0 Å². The topological polar surface area (TPSA) is 31.0 Å². The van der Waals surface area contributed by atoms with E-state index in [4.69, 9.17) is 16.0 Å². The Labute approximate surface area is 114 Å². The summed E-state index contributed by atoms with van der Waals surface area (Å²) in [5, 5.41) is -0.259. The van der Waals surface area contributed by atoms with Gasteiger partial charge in [0, 0.05) is 6.07 Å². The lowest BCUT2D eigenvalue weighted by atomic mass is 10.3. The molecule has 2 aromatic heterocycles. The summed E-state index contributed by atoms with van der Waals surface area (Å²) in [6.07, 6.45) is 1.62. The predicted molar refractivity (Wildman–Crippen MR) is 71.8 cm³/mol. The molecule has 0 saturated carbocycles. The second-order valence-electron chi connectivity index (χ2n) is 4.38. The highest BCUT2D eigenvalue weighted by atomic mass is 35.5. The van der Waals surface area contributed by atoms with Crippen LogP contribution < -0.4 is 0 Å². The van der Waals surface area contributed by atoms with Gasteiger partial charge in [-0.2, -0.15) is 0 Å². The van der Waals surface area contributed by atoms with Gasteiger partial charge in [-0.15, -0.1) is 11.6 Å². The first-order valence-corrected chi connectivity index (χ1v) is 6.41. The number of rotatable bonds is 3. The maximum absolute atomic E-state index is 13.3. The number of imidazole rings is 1. The van der Waals surface area contributed by atoms with Crippen LogP contribution >= 0.6 is 11.6 Å². The minimum Gasteiger partial charge on any atom is -0.467 e. The molecule has 1 unspecified atom stereocenters. The van der Waals surface area contributed by atoms with Crippen molar-refractivity contribution in [3.05, 3.63) is 54.0 Å². The summed E-state index contributed by atoms with van der Waals surface area (Å²) in [6.45, 7) is 2.37. The zero-order valence-corrected chi connectivity index (χ0v) is 11.1.